The summed E-state index contributed by atoms with van der Waals surface area (Å²) in [5.74, 6) is 0.683. The number of aromatic nitrogens is 1. The van der Waals surface area contributed by atoms with Crippen LogP contribution in [0.5, 0.6) is 5.75 Å². The van der Waals surface area contributed by atoms with Gasteiger partial charge in [0.15, 0.2) is 0 Å². The highest BCUT2D eigenvalue weighted by atomic mass is 16.5. The monoisotopic (exact) mass is 479 g/mol. The van der Waals surface area contributed by atoms with E-state index in [1.165, 1.54) is 24.0 Å². The van der Waals surface area contributed by atoms with Crippen molar-refractivity contribution < 1.29 is 9.53 Å². The number of fused-ring (bicyclic) bond motifs is 1. The molecule has 1 aliphatic heterocycles. The Morgan fingerprint density at radius 3 is 2.53 bits per heavy atom. The van der Waals surface area contributed by atoms with E-state index < -0.39 is 0 Å². The van der Waals surface area contributed by atoms with Gasteiger partial charge in [-0.2, -0.15) is 0 Å². The predicted molar refractivity (Wildman–Crippen MR) is 145 cm³/mol. The second kappa shape index (κ2) is 10.9. The minimum Gasteiger partial charge on any atom is -0.497 e. The molecule has 1 fully saturated rings. The number of amides is 1. The average Bonchev–Trinajstić information content (AvgIpc) is 3.47. The van der Waals surface area contributed by atoms with Crippen molar-refractivity contribution >= 4 is 16.8 Å². The van der Waals surface area contributed by atoms with Gasteiger partial charge in [-0.05, 0) is 67.7 Å². The summed E-state index contributed by atoms with van der Waals surface area (Å²) in [5.41, 5.74) is 5.69. The number of rotatable bonds is 8. The van der Waals surface area contributed by atoms with Crippen molar-refractivity contribution in [2.24, 2.45) is 0 Å². The molecule has 4 aromatic rings. The normalized spacial score (nSPS) is 14.6. The van der Waals surface area contributed by atoms with Crippen LogP contribution < -0.4 is 10.1 Å². The number of carbonyl (C=O) groups is 1. The zero-order valence-electron chi connectivity index (χ0n) is 21.0. The van der Waals surface area contributed by atoms with Crippen LogP contribution in [0.25, 0.3) is 22.2 Å². The summed E-state index contributed by atoms with van der Waals surface area (Å²) in [6.45, 7) is 4.87. The summed E-state index contributed by atoms with van der Waals surface area (Å²) in [7, 11) is 1.65. The Labute approximate surface area is 213 Å². The van der Waals surface area contributed by atoms with E-state index in [-0.39, 0.29) is 11.9 Å². The SMILES string of the molecule is CCc1ccc([C@H](CNC(=O)c2cc(-c3cccc(OC)c3)nc3ccccc23)N2CCCC2)cc1. The van der Waals surface area contributed by atoms with Gasteiger partial charge in [0, 0.05) is 17.5 Å². The summed E-state index contributed by atoms with van der Waals surface area (Å²) < 4.78 is 5.40. The molecule has 1 atom stereocenters. The van der Waals surface area contributed by atoms with Gasteiger partial charge in [0.1, 0.15) is 5.75 Å². The predicted octanol–water partition coefficient (Wildman–Crippen LogP) is 6.04. The Hall–Kier alpha value is -3.70. The molecule has 1 amide bonds. The first-order valence-electron chi connectivity index (χ1n) is 12.8. The van der Waals surface area contributed by atoms with E-state index in [9.17, 15) is 4.79 Å². The molecule has 1 aliphatic rings. The number of benzene rings is 3. The number of nitrogens with one attached hydrogen (secondary N) is 1. The van der Waals surface area contributed by atoms with E-state index in [2.05, 4.69) is 41.4 Å². The van der Waals surface area contributed by atoms with Crippen LogP contribution in [0, 0.1) is 0 Å². The highest BCUT2D eigenvalue weighted by molar-refractivity contribution is 6.07. The number of carbonyl (C=O) groups excluding carboxylic acids is 1. The minimum atomic E-state index is -0.0767. The Morgan fingerprint density at radius 1 is 1.00 bits per heavy atom. The molecule has 1 saturated heterocycles. The molecular formula is C31H33N3O2. The van der Waals surface area contributed by atoms with Gasteiger partial charge < -0.3 is 10.1 Å². The van der Waals surface area contributed by atoms with Crippen LogP contribution in [0.3, 0.4) is 0 Å². The van der Waals surface area contributed by atoms with Gasteiger partial charge in [-0.15, -0.1) is 0 Å². The second-order valence-electron chi connectivity index (χ2n) is 9.37. The van der Waals surface area contributed by atoms with Gasteiger partial charge in [-0.25, -0.2) is 4.98 Å². The van der Waals surface area contributed by atoms with E-state index >= 15 is 0 Å². The number of ether oxygens (including phenoxy) is 1. The number of pyridine rings is 1. The molecule has 0 unspecified atom stereocenters. The van der Waals surface area contributed by atoms with Crippen molar-refractivity contribution in [2.45, 2.75) is 32.2 Å². The van der Waals surface area contributed by atoms with Crippen molar-refractivity contribution in [3.05, 3.63) is 95.6 Å². The third-order valence-electron chi connectivity index (χ3n) is 7.14. The Kier molecular flexibility index (Phi) is 7.28. The second-order valence-corrected chi connectivity index (χ2v) is 9.37. The highest BCUT2D eigenvalue weighted by Crippen LogP contribution is 2.28. The molecule has 184 valence electrons. The molecule has 0 spiro atoms. The molecule has 0 saturated carbocycles. The Morgan fingerprint density at radius 2 is 1.78 bits per heavy atom. The number of methoxy groups -OCH3 is 1. The van der Waals surface area contributed by atoms with Crippen LogP contribution in [0.1, 0.15) is 47.3 Å². The van der Waals surface area contributed by atoms with Crippen molar-refractivity contribution in [1.29, 1.82) is 0 Å². The van der Waals surface area contributed by atoms with Crippen LogP contribution in [-0.4, -0.2) is 42.5 Å². The first kappa shape index (κ1) is 24.0. The molecule has 0 radical (unpaired) electrons. The first-order valence-corrected chi connectivity index (χ1v) is 12.8. The maximum Gasteiger partial charge on any atom is 0.252 e. The van der Waals surface area contributed by atoms with Gasteiger partial charge in [0.2, 0.25) is 0 Å². The molecule has 5 heteroatoms. The molecule has 5 rings (SSSR count). The number of nitrogens with zero attached hydrogens (tertiary/aromatic N) is 2. The zero-order chi connectivity index (χ0) is 24.9. The molecule has 0 aliphatic carbocycles. The van der Waals surface area contributed by atoms with E-state index in [0.29, 0.717) is 12.1 Å². The van der Waals surface area contributed by atoms with Crippen LogP contribution in [-0.2, 0) is 6.42 Å². The van der Waals surface area contributed by atoms with Crippen LogP contribution in [0.4, 0.5) is 0 Å². The number of aryl methyl sites for hydroxylation is 1. The maximum atomic E-state index is 13.6. The van der Waals surface area contributed by atoms with Gasteiger partial charge >= 0.3 is 0 Å². The third kappa shape index (κ3) is 5.12. The Bertz CT molecular complexity index is 1340. The summed E-state index contributed by atoms with van der Waals surface area (Å²) in [5, 5.41) is 4.12. The third-order valence-corrected chi connectivity index (χ3v) is 7.14. The van der Waals surface area contributed by atoms with E-state index in [4.69, 9.17) is 9.72 Å². The smallest absolute Gasteiger partial charge is 0.252 e. The number of hydrogen-bond donors (Lipinski definition) is 1. The number of hydrogen-bond acceptors (Lipinski definition) is 4. The molecule has 1 aromatic heterocycles. The van der Waals surface area contributed by atoms with E-state index in [0.717, 1.165) is 47.4 Å². The van der Waals surface area contributed by atoms with E-state index in [1.807, 2.05) is 54.6 Å². The number of para-hydroxylation sites is 1. The Balaban J connectivity index is 1.44. The van der Waals surface area contributed by atoms with Gasteiger partial charge in [-0.3, -0.25) is 9.69 Å². The lowest BCUT2D eigenvalue weighted by Gasteiger charge is -2.28. The summed E-state index contributed by atoms with van der Waals surface area (Å²) >= 11 is 0. The lowest BCUT2D eigenvalue weighted by atomic mass is 10.0. The van der Waals surface area contributed by atoms with Crippen LogP contribution in [0.2, 0.25) is 0 Å². The number of likely N-dealkylation sites (tertiary alicyclic amines) is 1. The van der Waals surface area contributed by atoms with Crippen LogP contribution in [0.15, 0.2) is 78.9 Å². The summed E-state index contributed by atoms with van der Waals surface area (Å²) in [6, 6.07) is 26.5. The topological polar surface area (TPSA) is 54.5 Å². The summed E-state index contributed by atoms with van der Waals surface area (Å²) in [4.78, 5) is 21.0. The fourth-order valence-corrected chi connectivity index (χ4v) is 5.06. The van der Waals surface area contributed by atoms with Crippen molar-refractivity contribution in [3.8, 4) is 17.0 Å². The van der Waals surface area contributed by atoms with Crippen molar-refractivity contribution in [1.82, 2.24) is 15.2 Å². The van der Waals surface area contributed by atoms with E-state index in [1.54, 1.807) is 7.11 Å². The molecule has 1 N–H and O–H groups in total. The molecule has 3 aromatic carbocycles. The fraction of sp³-hybridized carbons (Fsp3) is 0.290. The molecule has 5 nitrogen and oxygen atoms in total. The average molecular weight is 480 g/mol. The maximum absolute atomic E-state index is 13.6. The minimum absolute atomic E-state index is 0.0767. The van der Waals surface area contributed by atoms with Gasteiger partial charge in [0.25, 0.3) is 5.91 Å². The summed E-state index contributed by atoms with van der Waals surface area (Å²) in [6.07, 6.45) is 3.43. The molecule has 0 bridgehead atoms. The molecule has 2 heterocycles. The molecule has 36 heavy (non-hydrogen) atoms. The molecular weight excluding hydrogens is 446 g/mol. The zero-order valence-corrected chi connectivity index (χ0v) is 21.0. The largest absolute Gasteiger partial charge is 0.497 e. The van der Waals surface area contributed by atoms with Gasteiger partial charge in [-0.1, -0.05) is 61.5 Å². The van der Waals surface area contributed by atoms with Crippen molar-refractivity contribution in [2.75, 3.05) is 26.7 Å². The highest BCUT2D eigenvalue weighted by Gasteiger charge is 2.24. The van der Waals surface area contributed by atoms with Gasteiger partial charge in [0.05, 0.1) is 29.9 Å². The first-order chi connectivity index (χ1) is 17.7. The van der Waals surface area contributed by atoms with Crippen molar-refractivity contribution in [3.63, 3.8) is 0 Å². The van der Waals surface area contributed by atoms with Crippen LogP contribution >= 0.6 is 0 Å². The lowest BCUT2D eigenvalue weighted by Crippen LogP contribution is -2.37. The standard InChI is InChI=1S/C31H33N3O2/c1-3-22-13-15-23(16-14-22)30(34-17-6-7-18-34)21-32-31(35)27-20-29(24-9-8-10-25(19-24)36-2)33-28-12-5-4-11-26(27)28/h4-5,8-16,19-20,30H,3,6-7,17-18,21H2,1-2H3,(H,32,35)/t30-/m0/s1. The fourth-order valence-electron chi connectivity index (χ4n) is 5.06. The quantitative estimate of drug-likeness (QED) is 0.335. The lowest BCUT2D eigenvalue weighted by molar-refractivity contribution is 0.0939.